The topological polar surface area (TPSA) is 33.7 Å². The van der Waals surface area contributed by atoms with Crippen molar-refractivity contribution in [1.82, 2.24) is 4.90 Å². The fraction of sp³-hybridized carbons (Fsp3) is 0.474. The quantitative estimate of drug-likeness (QED) is 0.898. The minimum Gasteiger partial charge on any atom is -0.497 e. The van der Waals surface area contributed by atoms with Crippen LogP contribution in [0.5, 0.6) is 5.75 Å². The Labute approximate surface area is 147 Å². The van der Waals surface area contributed by atoms with E-state index in [4.69, 9.17) is 9.47 Å². The molecule has 1 N–H and O–H groups in total. The molecule has 0 saturated carbocycles. The summed E-state index contributed by atoms with van der Waals surface area (Å²) in [4.78, 5) is 3.97. The van der Waals surface area contributed by atoms with Gasteiger partial charge in [-0.15, -0.1) is 11.3 Å². The fourth-order valence-corrected chi connectivity index (χ4v) is 4.58. The van der Waals surface area contributed by atoms with Crippen molar-refractivity contribution in [2.75, 3.05) is 32.1 Å². The van der Waals surface area contributed by atoms with Crippen molar-refractivity contribution in [3.63, 3.8) is 0 Å². The maximum atomic E-state index is 6.26. The van der Waals surface area contributed by atoms with Crippen molar-refractivity contribution < 1.29 is 9.47 Å². The molecule has 2 aromatic rings. The highest BCUT2D eigenvalue weighted by molar-refractivity contribution is 7.09. The average molecular weight is 344 g/mol. The summed E-state index contributed by atoms with van der Waals surface area (Å²) in [6.07, 6.45) is 2.22. The highest BCUT2D eigenvalue weighted by atomic mass is 32.1. The van der Waals surface area contributed by atoms with Gasteiger partial charge in [-0.05, 0) is 42.1 Å². The Hall–Kier alpha value is -1.56. The number of nitrogens with one attached hydrogen (secondary N) is 1. The molecule has 1 aromatic carbocycles. The fourth-order valence-electron chi connectivity index (χ4n) is 3.83. The number of benzene rings is 1. The third-order valence-corrected chi connectivity index (χ3v) is 5.89. The number of thiophene rings is 1. The van der Waals surface area contributed by atoms with E-state index in [-0.39, 0.29) is 5.60 Å². The van der Waals surface area contributed by atoms with Crippen LogP contribution in [0.4, 0.5) is 5.69 Å². The van der Waals surface area contributed by atoms with E-state index < -0.39 is 0 Å². The van der Waals surface area contributed by atoms with E-state index in [9.17, 15) is 0 Å². The van der Waals surface area contributed by atoms with Gasteiger partial charge in [-0.2, -0.15) is 0 Å². The molecule has 2 saturated heterocycles. The SMILES string of the molecule is COc1ccc(N[C@H]2CO[C@]3(CCN(Cc4cccs4)C3)C2)cc1. The number of nitrogens with zero attached hydrogens (tertiary/aromatic N) is 1. The largest absolute Gasteiger partial charge is 0.497 e. The molecule has 0 amide bonds. The molecule has 128 valence electrons. The predicted molar refractivity (Wildman–Crippen MR) is 97.9 cm³/mol. The molecule has 4 nitrogen and oxygen atoms in total. The van der Waals surface area contributed by atoms with Crippen LogP contribution >= 0.6 is 11.3 Å². The second-order valence-corrected chi connectivity index (χ2v) is 7.84. The average Bonchev–Trinajstić information content (AvgIpc) is 3.33. The number of likely N-dealkylation sites (tertiary alicyclic amines) is 1. The number of ether oxygens (including phenoxy) is 2. The van der Waals surface area contributed by atoms with Crippen molar-refractivity contribution in [2.24, 2.45) is 0 Å². The monoisotopic (exact) mass is 344 g/mol. The lowest BCUT2D eigenvalue weighted by Gasteiger charge is -2.23. The van der Waals surface area contributed by atoms with Crippen LogP contribution in [0.25, 0.3) is 0 Å². The van der Waals surface area contributed by atoms with Crippen molar-refractivity contribution in [1.29, 1.82) is 0 Å². The summed E-state index contributed by atoms with van der Waals surface area (Å²) in [6.45, 7) is 4.02. The van der Waals surface area contributed by atoms with Crippen LogP contribution in [-0.4, -0.2) is 43.3 Å². The molecule has 0 unspecified atom stereocenters. The molecule has 2 atom stereocenters. The van der Waals surface area contributed by atoms with Gasteiger partial charge in [0.1, 0.15) is 5.75 Å². The maximum Gasteiger partial charge on any atom is 0.119 e. The van der Waals surface area contributed by atoms with Gasteiger partial charge in [0.05, 0.1) is 25.4 Å². The van der Waals surface area contributed by atoms with Gasteiger partial charge in [-0.3, -0.25) is 4.90 Å². The Morgan fingerprint density at radius 2 is 2.21 bits per heavy atom. The zero-order valence-electron chi connectivity index (χ0n) is 14.0. The van der Waals surface area contributed by atoms with Crippen LogP contribution in [0.15, 0.2) is 41.8 Å². The van der Waals surface area contributed by atoms with Gasteiger partial charge < -0.3 is 14.8 Å². The molecule has 2 aliphatic rings. The summed E-state index contributed by atoms with van der Waals surface area (Å²) in [5, 5.41) is 5.76. The number of hydrogen-bond donors (Lipinski definition) is 1. The molecule has 2 fully saturated rings. The molecule has 4 rings (SSSR count). The lowest BCUT2D eigenvalue weighted by molar-refractivity contribution is 0.0120. The summed E-state index contributed by atoms with van der Waals surface area (Å²) < 4.78 is 11.5. The molecule has 1 aromatic heterocycles. The maximum absolute atomic E-state index is 6.26. The summed E-state index contributed by atoms with van der Waals surface area (Å²) in [6, 6.07) is 12.9. The molecule has 1 spiro atoms. The minimum absolute atomic E-state index is 0.0431. The van der Waals surface area contributed by atoms with Crippen LogP contribution in [0, 0.1) is 0 Å². The van der Waals surface area contributed by atoms with Gasteiger partial charge in [0.15, 0.2) is 0 Å². The van der Waals surface area contributed by atoms with E-state index in [1.54, 1.807) is 7.11 Å². The highest BCUT2D eigenvalue weighted by Crippen LogP contribution is 2.37. The molecular formula is C19H24N2O2S. The van der Waals surface area contributed by atoms with E-state index in [1.807, 2.05) is 23.5 Å². The number of hydrogen-bond acceptors (Lipinski definition) is 5. The van der Waals surface area contributed by atoms with Gasteiger partial charge in [0, 0.05) is 36.6 Å². The standard InChI is InChI=1S/C19H24N2O2S/c1-22-17-6-4-15(5-7-17)20-16-11-19(23-13-16)8-9-21(14-19)12-18-3-2-10-24-18/h2-7,10,16,20H,8-9,11-14H2,1H3/t16-,19-/m1/s1. The van der Waals surface area contributed by atoms with Crippen LogP contribution in [-0.2, 0) is 11.3 Å². The second-order valence-electron chi connectivity index (χ2n) is 6.81. The first kappa shape index (κ1) is 15.9. The lowest BCUT2D eigenvalue weighted by Crippen LogP contribution is -2.33. The molecule has 0 aliphatic carbocycles. The summed E-state index contributed by atoms with van der Waals surface area (Å²) in [5.41, 5.74) is 1.18. The highest BCUT2D eigenvalue weighted by Gasteiger charge is 2.45. The third kappa shape index (κ3) is 3.43. The van der Waals surface area contributed by atoms with Crippen molar-refractivity contribution >= 4 is 17.0 Å². The summed E-state index contributed by atoms with van der Waals surface area (Å²) >= 11 is 1.84. The van der Waals surface area contributed by atoms with E-state index in [2.05, 4.69) is 39.9 Å². The zero-order chi connectivity index (χ0) is 16.4. The Morgan fingerprint density at radius 1 is 1.33 bits per heavy atom. The zero-order valence-corrected chi connectivity index (χ0v) is 14.8. The Kier molecular flexibility index (Phi) is 4.48. The first-order chi connectivity index (χ1) is 11.7. The lowest BCUT2D eigenvalue weighted by atomic mass is 9.97. The Balaban J connectivity index is 1.32. The van der Waals surface area contributed by atoms with Gasteiger partial charge >= 0.3 is 0 Å². The number of anilines is 1. The van der Waals surface area contributed by atoms with Crippen LogP contribution in [0.1, 0.15) is 17.7 Å². The van der Waals surface area contributed by atoms with Gasteiger partial charge in [0.2, 0.25) is 0 Å². The minimum atomic E-state index is 0.0431. The Bertz CT molecular complexity index is 659. The second kappa shape index (κ2) is 6.75. The van der Waals surface area contributed by atoms with E-state index in [1.165, 1.54) is 4.88 Å². The van der Waals surface area contributed by atoms with Gasteiger partial charge in [0.25, 0.3) is 0 Å². The van der Waals surface area contributed by atoms with Crippen molar-refractivity contribution in [3.05, 3.63) is 46.7 Å². The van der Waals surface area contributed by atoms with E-state index in [0.717, 1.165) is 50.5 Å². The first-order valence-corrected chi connectivity index (χ1v) is 9.42. The molecule has 0 radical (unpaired) electrons. The summed E-state index contributed by atoms with van der Waals surface area (Å²) in [7, 11) is 1.69. The molecule has 3 heterocycles. The smallest absolute Gasteiger partial charge is 0.119 e. The molecule has 0 bridgehead atoms. The molecular weight excluding hydrogens is 320 g/mol. The van der Waals surface area contributed by atoms with Crippen molar-refractivity contribution in [2.45, 2.75) is 31.0 Å². The van der Waals surface area contributed by atoms with Crippen LogP contribution < -0.4 is 10.1 Å². The first-order valence-electron chi connectivity index (χ1n) is 8.54. The van der Waals surface area contributed by atoms with Crippen LogP contribution in [0.3, 0.4) is 0 Å². The Morgan fingerprint density at radius 3 is 2.96 bits per heavy atom. The third-order valence-electron chi connectivity index (χ3n) is 5.02. The number of methoxy groups -OCH3 is 1. The van der Waals surface area contributed by atoms with E-state index >= 15 is 0 Å². The number of rotatable bonds is 5. The van der Waals surface area contributed by atoms with Gasteiger partial charge in [-0.1, -0.05) is 6.07 Å². The summed E-state index contributed by atoms with van der Waals surface area (Å²) in [5.74, 6) is 0.889. The molecule has 2 aliphatic heterocycles. The van der Waals surface area contributed by atoms with E-state index in [0.29, 0.717) is 6.04 Å². The predicted octanol–water partition coefficient (Wildman–Crippen LogP) is 3.60. The van der Waals surface area contributed by atoms with Crippen molar-refractivity contribution in [3.8, 4) is 5.75 Å². The molecule has 5 heteroatoms. The van der Waals surface area contributed by atoms with Crippen LogP contribution in [0.2, 0.25) is 0 Å². The molecule has 24 heavy (non-hydrogen) atoms. The normalized spacial score (nSPS) is 27.0. The van der Waals surface area contributed by atoms with Gasteiger partial charge in [-0.25, -0.2) is 0 Å².